The maximum atomic E-state index is 12.5. The summed E-state index contributed by atoms with van der Waals surface area (Å²) in [7, 11) is 3.78. The van der Waals surface area contributed by atoms with Gasteiger partial charge in [-0.25, -0.2) is 0 Å². The predicted octanol–water partition coefficient (Wildman–Crippen LogP) is 4.84. The SMILES string of the molecule is Cc1cc2c(o1)CN(C(=O)CN(C)C)CCC2Oc1cccc(Br)c1Cl.Cl. The zero-order valence-corrected chi connectivity index (χ0v) is 18.7. The maximum Gasteiger partial charge on any atom is 0.237 e. The van der Waals surface area contributed by atoms with Gasteiger partial charge >= 0.3 is 0 Å². The molecule has 0 spiro atoms. The fraction of sp³-hybridized carbons (Fsp3) is 0.421. The van der Waals surface area contributed by atoms with Crippen molar-refractivity contribution in [1.82, 2.24) is 9.80 Å². The minimum Gasteiger partial charge on any atom is -0.484 e. The molecule has 5 nitrogen and oxygen atoms in total. The van der Waals surface area contributed by atoms with Crippen LogP contribution in [0.25, 0.3) is 0 Å². The van der Waals surface area contributed by atoms with Gasteiger partial charge in [0.1, 0.15) is 23.4 Å². The highest BCUT2D eigenvalue weighted by Gasteiger charge is 2.29. The predicted molar refractivity (Wildman–Crippen MR) is 112 cm³/mol. The molecule has 148 valence electrons. The number of aryl methyl sites for hydroxylation is 1. The fourth-order valence-electron chi connectivity index (χ4n) is 3.09. The number of benzene rings is 1. The molecule has 0 saturated heterocycles. The van der Waals surface area contributed by atoms with Gasteiger partial charge in [-0.15, -0.1) is 12.4 Å². The van der Waals surface area contributed by atoms with E-state index in [1.807, 2.05) is 55.1 Å². The number of hydrogen-bond acceptors (Lipinski definition) is 4. The molecule has 27 heavy (non-hydrogen) atoms. The van der Waals surface area contributed by atoms with Crippen LogP contribution in [0.1, 0.15) is 29.6 Å². The highest BCUT2D eigenvalue weighted by atomic mass is 79.9. The van der Waals surface area contributed by atoms with Gasteiger partial charge in [0.05, 0.1) is 18.1 Å². The first-order valence-electron chi connectivity index (χ1n) is 8.47. The molecular weight excluding hydrogens is 455 g/mol. The summed E-state index contributed by atoms with van der Waals surface area (Å²) >= 11 is 9.78. The summed E-state index contributed by atoms with van der Waals surface area (Å²) in [5, 5.41) is 0.541. The third-order valence-corrected chi connectivity index (χ3v) is 5.58. The summed E-state index contributed by atoms with van der Waals surface area (Å²) in [6, 6.07) is 7.60. The standard InChI is InChI=1S/C19H22BrClN2O3.ClH/c1-12-9-13-15(26-16-6-4-5-14(20)19(16)21)7-8-23(10-17(13)25-12)18(24)11-22(2)3;/h4-6,9,15H,7-8,10-11H2,1-3H3;1H. The molecule has 1 amide bonds. The Balaban J connectivity index is 0.00000261. The van der Waals surface area contributed by atoms with Crippen LogP contribution in [0.15, 0.2) is 33.2 Å². The lowest BCUT2D eigenvalue weighted by atomic mass is 10.1. The molecule has 3 rings (SSSR count). The summed E-state index contributed by atoms with van der Waals surface area (Å²) in [4.78, 5) is 16.2. The second-order valence-corrected chi connectivity index (χ2v) is 7.97. The molecule has 1 aliphatic rings. The Morgan fingerprint density at radius 1 is 1.44 bits per heavy atom. The van der Waals surface area contributed by atoms with E-state index < -0.39 is 0 Å². The number of fused-ring (bicyclic) bond motifs is 1. The Morgan fingerprint density at radius 2 is 2.19 bits per heavy atom. The molecule has 0 bridgehead atoms. The average Bonchev–Trinajstić information content (AvgIpc) is 2.85. The van der Waals surface area contributed by atoms with Crippen molar-refractivity contribution in [2.75, 3.05) is 27.2 Å². The molecule has 0 radical (unpaired) electrons. The molecule has 1 aromatic carbocycles. The van der Waals surface area contributed by atoms with E-state index in [0.717, 1.165) is 21.6 Å². The van der Waals surface area contributed by atoms with E-state index in [-0.39, 0.29) is 24.4 Å². The van der Waals surface area contributed by atoms with Crippen molar-refractivity contribution in [2.45, 2.75) is 26.0 Å². The first-order chi connectivity index (χ1) is 12.3. The number of furan rings is 1. The molecule has 0 aliphatic carbocycles. The Labute approximate surface area is 179 Å². The van der Waals surface area contributed by atoms with Crippen LogP contribution in [-0.4, -0.2) is 42.9 Å². The normalized spacial score (nSPS) is 16.5. The molecule has 1 atom stereocenters. The largest absolute Gasteiger partial charge is 0.484 e. The fourth-order valence-corrected chi connectivity index (χ4v) is 3.61. The van der Waals surface area contributed by atoms with E-state index in [1.165, 1.54) is 0 Å². The minimum atomic E-state index is -0.216. The van der Waals surface area contributed by atoms with Crippen LogP contribution >= 0.6 is 39.9 Å². The number of hydrogen-bond donors (Lipinski definition) is 0. The van der Waals surface area contributed by atoms with Gasteiger partial charge in [0.25, 0.3) is 0 Å². The van der Waals surface area contributed by atoms with Crippen molar-refractivity contribution in [3.8, 4) is 5.75 Å². The van der Waals surface area contributed by atoms with Gasteiger partial charge in [0, 0.05) is 23.0 Å². The molecule has 0 fully saturated rings. The average molecular weight is 478 g/mol. The number of halogens is 3. The van der Waals surface area contributed by atoms with Gasteiger partial charge in [0.2, 0.25) is 5.91 Å². The zero-order valence-electron chi connectivity index (χ0n) is 15.5. The van der Waals surface area contributed by atoms with Crippen molar-refractivity contribution in [3.05, 3.63) is 50.8 Å². The van der Waals surface area contributed by atoms with Gasteiger partial charge in [-0.3, -0.25) is 4.79 Å². The molecule has 2 heterocycles. The summed E-state index contributed by atoms with van der Waals surface area (Å²) in [5.74, 6) is 2.29. The number of ether oxygens (including phenoxy) is 1. The van der Waals surface area contributed by atoms with E-state index in [2.05, 4.69) is 15.9 Å². The Kier molecular flexibility index (Phi) is 7.63. The number of likely N-dealkylation sites (N-methyl/N-ethyl adjacent to an activating group) is 1. The third-order valence-electron chi connectivity index (χ3n) is 4.30. The topological polar surface area (TPSA) is 45.9 Å². The molecule has 1 unspecified atom stereocenters. The summed E-state index contributed by atoms with van der Waals surface area (Å²) in [5.41, 5.74) is 0.985. The number of carbonyl (C=O) groups is 1. The van der Waals surface area contributed by atoms with Crippen LogP contribution in [0.5, 0.6) is 5.75 Å². The quantitative estimate of drug-likeness (QED) is 0.632. The van der Waals surface area contributed by atoms with Crippen molar-refractivity contribution in [1.29, 1.82) is 0 Å². The molecule has 8 heteroatoms. The third kappa shape index (κ3) is 5.19. The Morgan fingerprint density at radius 3 is 2.89 bits per heavy atom. The van der Waals surface area contributed by atoms with E-state index in [4.69, 9.17) is 20.8 Å². The van der Waals surface area contributed by atoms with Crippen LogP contribution in [0.2, 0.25) is 5.02 Å². The van der Waals surface area contributed by atoms with Crippen LogP contribution in [0.3, 0.4) is 0 Å². The maximum absolute atomic E-state index is 12.5. The van der Waals surface area contributed by atoms with E-state index in [9.17, 15) is 4.79 Å². The summed E-state index contributed by atoms with van der Waals surface area (Å²) < 4.78 is 12.9. The highest BCUT2D eigenvalue weighted by Crippen LogP contribution is 2.38. The van der Waals surface area contributed by atoms with Gasteiger partial charge in [-0.2, -0.15) is 0 Å². The van der Waals surface area contributed by atoms with Crippen LogP contribution in [0, 0.1) is 6.92 Å². The van der Waals surface area contributed by atoms with Crippen molar-refractivity contribution >= 4 is 45.8 Å². The molecule has 1 aliphatic heterocycles. The second kappa shape index (κ2) is 9.32. The first kappa shape index (κ1) is 22.1. The van der Waals surface area contributed by atoms with Crippen LogP contribution in [0.4, 0.5) is 0 Å². The molecular formula is C19H23BrCl2N2O3. The van der Waals surface area contributed by atoms with Gasteiger partial charge < -0.3 is 19.0 Å². The van der Waals surface area contributed by atoms with Gasteiger partial charge in [0.15, 0.2) is 0 Å². The van der Waals surface area contributed by atoms with E-state index in [0.29, 0.717) is 36.8 Å². The number of nitrogens with zero attached hydrogens (tertiary/aromatic N) is 2. The van der Waals surface area contributed by atoms with E-state index in [1.54, 1.807) is 0 Å². The number of rotatable bonds is 4. The lowest BCUT2D eigenvalue weighted by Gasteiger charge is -2.23. The number of carbonyl (C=O) groups excluding carboxylic acids is 1. The van der Waals surface area contributed by atoms with Gasteiger partial charge in [-0.1, -0.05) is 17.7 Å². The lowest BCUT2D eigenvalue weighted by Crippen LogP contribution is -2.37. The van der Waals surface area contributed by atoms with Crippen molar-refractivity contribution < 1.29 is 13.9 Å². The Bertz CT molecular complexity index is 810. The summed E-state index contributed by atoms with van der Waals surface area (Å²) in [6.45, 7) is 3.34. The summed E-state index contributed by atoms with van der Waals surface area (Å²) in [6.07, 6.45) is 0.458. The second-order valence-electron chi connectivity index (χ2n) is 6.74. The molecule has 0 saturated carbocycles. The zero-order chi connectivity index (χ0) is 18.8. The van der Waals surface area contributed by atoms with E-state index >= 15 is 0 Å². The minimum absolute atomic E-state index is 0. The highest BCUT2D eigenvalue weighted by molar-refractivity contribution is 9.10. The molecule has 2 aromatic rings. The molecule has 1 aromatic heterocycles. The van der Waals surface area contributed by atoms with Crippen LogP contribution < -0.4 is 4.74 Å². The lowest BCUT2D eigenvalue weighted by molar-refractivity contribution is -0.132. The first-order valence-corrected chi connectivity index (χ1v) is 9.64. The smallest absolute Gasteiger partial charge is 0.237 e. The van der Waals surface area contributed by atoms with Crippen molar-refractivity contribution in [2.24, 2.45) is 0 Å². The Hall–Kier alpha value is -1.21. The number of amides is 1. The van der Waals surface area contributed by atoms with Crippen LogP contribution in [-0.2, 0) is 11.3 Å². The molecule has 0 N–H and O–H groups in total. The van der Waals surface area contributed by atoms with Gasteiger partial charge in [-0.05, 0) is 55.1 Å². The van der Waals surface area contributed by atoms with Crippen molar-refractivity contribution in [3.63, 3.8) is 0 Å². The monoisotopic (exact) mass is 476 g/mol.